The zero-order chi connectivity index (χ0) is 13.7. The van der Waals surface area contributed by atoms with Crippen molar-refractivity contribution < 1.29 is 0 Å². The van der Waals surface area contributed by atoms with Gasteiger partial charge in [0.1, 0.15) is 5.82 Å². The zero-order valence-corrected chi connectivity index (χ0v) is 11.9. The van der Waals surface area contributed by atoms with Crippen LogP contribution in [0.2, 0.25) is 0 Å². The molecule has 0 unspecified atom stereocenters. The molecule has 19 heavy (non-hydrogen) atoms. The Hall–Kier alpha value is -1.77. The smallest absolute Gasteiger partial charge is 0.191 e. The molecule has 0 saturated carbocycles. The summed E-state index contributed by atoms with van der Waals surface area (Å²) < 4.78 is 1.98. The van der Waals surface area contributed by atoms with Gasteiger partial charge in [-0.2, -0.15) is 0 Å². The molecule has 0 bridgehead atoms. The molecule has 2 rings (SSSR count). The Kier molecular flexibility index (Phi) is 4.61. The molecule has 4 nitrogen and oxygen atoms in total. The van der Waals surface area contributed by atoms with Crippen LogP contribution < -0.4 is 5.73 Å². The maximum absolute atomic E-state index is 5.41. The molecule has 0 atom stereocenters. The van der Waals surface area contributed by atoms with Crippen molar-refractivity contribution in [2.24, 2.45) is 12.8 Å². The predicted octanol–water partition coefficient (Wildman–Crippen LogP) is 1.73. The van der Waals surface area contributed by atoms with Crippen LogP contribution in [0.3, 0.4) is 0 Å². The molecule has 0 spiro atoms. The molecule has 0 radical (unpaired) electrons. The van der Waals surface area contributed by atoms with Gasteiger partial charge < -0.3 is 10.3 Å². The lowest BCUT2D eigenvalue weighted by Gasteiger charge is -2.04. The van der Waals surface area contributed by atoms with Crippen molar-refractivity contribution >= 4 is 11.8 Å². The van der Waals surface area contributed by atoms with Crippen LogP contribution in [0.15, 0.2) is 29.4 Å². The van der Waals surface area contributed by atoms with E-state index in [9.17, 15) is 0 Å². The third-order valence-electron chi connectivity index (χ3n) is 2.75. The summed E-state index contributed by atoms with van der Waals surface area (Å²) >= 11 is 1.66. The number of benzene rings is 1. The van der Waals surface area contributed by atoms with E-state index in [1.807, 2.05) is 36.7 Å². The standard InChI is InChI=1S/C14H16N4S/c1-11-16-17-14(18(11)2)19-10-13-7-4-3-6-12(13)8-5-9-15/h3-4,6-7H,9-10,15H2,1-2H3. The Morgan fingerprint density at radius 3 is 2.79 bits per heavy atom. The molecule has 98 valence electrons. The van der Waals surface area contributed by atoms with Crippen LogP contribution in [0.1, 0.15) is 17.0 Å². The molecule has 0 fully saturated rings. The zero-order valence-electron chi connectivity index (χ0n) is 11.1. The van der Waals surface area contributed by atoms with Crippen LogP contribution in [-0.4, -0.2) is 21.3 Å². The maximum Gasteiger partial charge on any atom is 0.191 e. The van der Waals surface area contributed by atoms with Crippen molar-refractivity contribution in [2.45, 2.75) is 17.8 Å². The molecule has 0 saturated heterocycles. The van der Waals surface area contributed by atoms with E-state index in [2.05, 4.69) is 28.1 Å². The number of thioether (sulfide) groups is 1. The van der Waals surface area contributed by atoms with E-state index in [-0.39, 0.29) is 0 Å². The Labute approximate surface area is 117 Å². The SMILES string of the molecule is Cc1nnc(SCc2ccccc2C#CCN)n1C. The van der Waals surface area contributed by atoms with E-state index in [0.29, 0.717) is 6.54 Å². The number of aromatic nitrogens is 3. The molecular weight excluding hydrogens is 256 g/mol. The van der Waals surface area contributed by atoms with E-state index in [1.54, 1.807) is 11.8 Å². The monoisotopic (exact) mass is 272 g/mol. The van der Waals surface area contributed by atoms with Gasteiger partial charge in [0, 0.05) is 18.4 Å². The van der Waals surface area contributed by atoms with Crippen molar-refractivity contribution in [1.82, 2.24) is 14.8 Å². The second-order valence-electron chi connectivity index (χ2n) is 4.04. The second-order valence-corrected chi connectivity index (χ2v) is 4.98. The number of rotatable bonds is 3. The maximum atomic E-state index is 5.41. The first-order valence-electron chi connectivity index (χ1n) is 5.98. The molecule has 0 aliphatic heterocycles. The van der Waals surface area contributed by atoms with Crippen LogP contribution in [0.25, 0.3) is 0 Å². The molecule has 2 N–H and O–H groups in total. The van der Waals surface area contributed by atoms with E-state index < -0.39 is 0 Å². The molecule has 1 heterocycles. The Morgan fingerprint density at radius 2 is 2.11 bits per heavy atom. The Balaban J connectivity index is 2.13. The third kappa shape index (κ3) is 3.37. The van der Waals surface area contributed by atoms with Gasteiger partial charge >= 0.3 is 0 Å². The summed E-state index contributed by atoms with van der Waals surface area (Å²) in [7, 11) is 1.97. The molecule has 1 aromatic carbocycles. The molecule has 0 aliphatic carbocycles. The van der Waals surface area contributed by atoms with Crippen LogP contribution in [0, 0.1) is 18.8 Å². The first kappa shape index (κ1) is 13.7. The van der Waals surface area contributed by atoms with Crippen molar-refractivity contribution in [3.63, 3.8) is 0 Å². The van der Waals surface area contributed by atoms with Crippen LogP contribution >= 0.6 is 11.8 Å². The van der Waals surface area contributed by atoms with Gasteiger partial charge in [-0.25, -0.2) is 0 Å². The van der Waals surface area contributed by atoms with Gasteiger partial charge in [0.15, 0.2) is 5.16 Å². The second kappa shape index (κ2) is 6.41. The lowest BCUT2D eigenvalue weighted by Crippen LogP contribution is -1.95. The Morgan fingerprint density at radius 1 is 1.32 bits per heavy atom. The lowest BCUT2D eigenvalue weighted by atomic mass is 10.1. The van der Waals surface area contributed by atoms with Gasteiger partial charge in [-0.3, -0.25) is 0 Å². The van der Waals surface area contributed by atoms with Crippen LogP contribution in [-0.2, 0) is 12.8 Å². The molecule has 0 amide bonds. The fourth-order valence-corrected chi connectivity index (χ4v) is 2.53. The van der Waals surface area contributed by atoms with Crippen LogP contribution in [0.5, 0.6) is 0 Å². The normalized spacial score (nSPS) is 10.1. The Bertz CT molecular complexity index is 622. The highest BCUT2D eigenvalue weighted by atomic mass is 32.2. The number of hydrogen-bond donors (Lipinski definition) is 1. The summed E-state index contributed by atoms with van der Waals surface area (Å²) in [6, 6.07) is 8.10. The van der Waals surface area contributed by atoms with Crippen molar-refractivity contribution in [2.75, 3.05) is 6.54 Å². The summed E-state index contributed by atoms with van der Waals surface area (Å²) in [4.78, 5) is 0. The minimum absolute atomic E-state index is 0.379. The highest BCUT2D eigenvalue weighted by Crippen LogP contribution is 2.22. The van der Waals surface area contributed by atoms with E-state index in [4.69, 9.17) is 5.73 Å². The van der Waals surface area contributed by atoms with E-state index in [1.165, 1.54) is 5.56 Å². The summed E-state index contributed by atoms with van der Waals surface area (Å²) in [5.41, 5.74) is 7.63. The van der Waals surface area contributed by atoms with Gasteiger partial charge in [-0.1, -0.05) is 41.8 Å². The number of aryl methyl sites for hydroxylation is 1. The minimum atomic E-state index is 0.379. The largest absolute Gasteiger partial charge is 0.320 e. The van der Waals surface area contributed by atoms with Gasteiger partial charge in [0.2, 0.25) is 0 Å². The van der Waals surface area contributed by atoms with Gasteiger partial charge in [0.05, 0.1) is 6.54 Å². The van der Waals surface area contributed by atoms with Crippen molar-refractivity contribution in [3.8, 4) is 11.8 Å². The molecule has 1 aromatic heterocycles. The molecule has 5 heteroatoms. The van der Waals surface area contributed by atoms with Gasteiger partial charge in [-0.05, 0) is 18.6 Å². The fraction of sp³-hybridized carbons (Fsp3) is 0.286. The van der Waals surface area contributed by atoms with Crippen molar-refractivity contribution in [3.05, 3.63) is 41.2 Å². The summed E-state index contributed by atoms with van der Waals surface area (Å²) in [6.45, 7) is 2.32. The van der Waals surface area contributed by atoms with Crippen LogP contribution in [0.4, 0.5) is 0 Å². The minimum Gasteiger partial charge on any atom is -0.320 e. The average Bonchev–Trinajstić information content (AvgIpc) is 2.75. The first-order chi connectivity index (χ1) is 9.22. The third-order valence-corrected chi connectivity index (χ3v) is 3.82. The predicted molar refractivity (Wildman–Crippen MR) is 77.7 cm³/mol. The number of nitrogens with zero attached hydrogens (tertiary/aromatic N) is 3. The van der Waals surface area contributed by atoms with E-state index >= 15 is 0 Å². The fourth-order valence-electron chi connectivity index (χ4n) is 1.57. The van der Waals surface area contributed by atoms with Crippen molar-refractivity contribution in [1.29, 1.82) is 0 Å². The van der Waals surface area contributed by atoms with Gasteiger partial charge in [-0.15, -0.1) is 10.2 Å². The lowest BCUT2D eigenvalue weighted by molar-refractivity contribution is 0.765. The molecule has 2 aromatic rings. The quantitative estimate of drug-likeness (QED) is 0.683. The topological polar surface area (TPSA) is 56.7 Å². The first-order valence-corrected chi connectivity index (χ1v) is 6.96. The summed E-state index contributed by atoms with van der Waals surface area (Å²) in [6.07, 6.45) is 0. The van der Waals surface area contributed by atoms with E-state index in [0.717, 1.165) is 22.3 Å². The number of nitrogens with two attached hydrogens (primary N) is 1. The highest BCUT2D eigenvalue weighted by molar-refractivity contribution is 7.98. The average molecular weight is 272 g/mol. The number of hydrogen-bond acceptors (Lipinski definition) is 4. The molecular formula is C14H16N4S. The summed E-state index contributed by atoms with van der Waals surface area (Å²) in [5, 5.41) is 9.11. The highest BCUT2D eigenvalue weighted by Gasteiger charge is 2.07. The van der Waals surface area contributed by atoms with Gasteiger partial charge in [0.25, 0.3) is 0 Å². The summed E-state index contributed by atoms with van der Waals surface area (Å²) in [5.74, 6) is 7.73. The molecule has 0 aliphatic rings.